The number of aromatic nitrogens is 2. The van der Waals surface area contributed by atoms with Crippen LogP contribution in [0.5, 0.6) is 5.75 Å². The smallest absolute Gasteiger partial charge is 0.356 e. The van der Waals surface area contributed by atoms with E-state index in [1.165, 1.54) is 6.20 Å². The maximum absolute atomic E-state index is 12.1. The molecule has 0 saturated carbocycles. The van der Waals surface area contributed by atoms with Crippen LogP contribution in [0.1, 0.15) is 48.8 Å². The highest BCUT2D eigenvalue weighted by molar-refractivity contribution is 5.87. The van der Waals surface area contributed by atoms with E-state index in [1.807, 2.05) is 19.9 Å². The molecule has 0 aliphatic rings. The van der Waals surface area contributed by atoms with Crippen LogP contribution in [0.4, 0.5) is 0 Å². The number of nitrogens with zero attached hydrogens (tertiary/aromatic N) is 2. The Balaban J connectivity index is 2.17. The molecule has 0 bridgehead atoms. The fourth-order valence-corrected chi connectivity index (χ4v) is 2.10. The summed E-state index contributed by atoms with van der Waals surface area (Å²) in [6, 6.07) is 6.85. The van der Waals surface area contributed by atoms with Crippen LogP contribution in [0.15, 0.2) is 36.8 Å². The van der Waals surface area contributed by atoms with Crippen molar-refractivity contribution in [3.8, 4) is 5.75 Å². The number of phenolic OH excluding ortho intramolecular Hbond substituents is 1. The normalized spacial score (nSPS) is 12.1. The van der Waals surface area contributed by atoms with Gasteiger partial charge in [0.15, 0.2) is 0 Å². The Kier molecular flexibility index (Phi) is 4.98. The van der Waals surface area contributed by atoms with Crippen molar-refractivity contribution in [1.82, 2.24) is 9.55 Å². The van der Waals surface area contributed by atoms with Crippen LogP contribution in [0, 0.1) is 0 Å². The van der Waals surface area contributed by atoms with Gasteiger partial charge in [0, 0.05) is 0 Å². The molecule has 0 saturated heterocycles. The highest BCUT2D eigenvalue weighted by atomic mass is 16.5. The summed E-state index contributed by atoms with van der Waals surface area (Å²) in [6.45, 7) is 4.41. The summed E-state index contributed by atoms with van der Waals surface area (Å²) in [7, 11) is 0. The SMILES string of the molecule is CCCCOC(=O)c1cncn1C(C)c1cccc(O)c1. The van der Waals surface area contributed by atoms with E-state index < -0.39 is 0 Å². The van der Waals surface area contributed by atoms with Crippen LogP contribution in [-0.4, -0.2) is 27.2 Å². The molecule has 1 heterocycles. The minimum absolute atomic E-state index is 0.117. The van der Waals surface area contributed by atoms with E-state index in [0.717, 1.165) is 18.4 Å². The summed E-state index contributed by atoms with van der Waals surface area (Å²) in [4.78, 5) is 16.1. The van der Waals surface area contributed by atoms with Crippen molar-refractivity contribution in [2.24, 2.45) is 0 Å². The molecule has 1 aromatic carbocycles. The van der Waals surface area contributed by atoms with Crippen molar-refractivity contribution in [3.05, 3.63) is 48.0 Å². The number of hydrogen-bond acceptors (Lipinski definition) is 4. The van der Waals surface area contributed by atoms with Gasteiger partial charge in [-0.25, -0.2) is 9.78 Å². The largest absolute Gasteiger partial charge is 0.508 e. The molecule has 0 aliphatic heterocycles. The van der Waals surface area contributed by atoms with Crippen LogP contribution in [0.2, 0.25) is 0 Å². The van der Waals surface area contributed by atoms with Crippen LogP contribution < -0.4 is 0 Å². The van der Waals surface area contributed by atoms with Crippen molar-refractivity contribution in [1.29, 1.82) is 0 Å². The molecular weight excluding hydrogens is 268 g/mol. The Morgan fingerprint density at radius 1 is 1.48 bits per heavy atom. The van der Waals surface area contributed by atoms with E-state index in [1.54, 1.807) is 29.1 Å². The summed E-state index contributed by atoms with van der Waals surface area (Å²) in [5, 5.41) is 9.56. The van der Waals surface area contributed by atoms with Gasteiger partial charge < -0.3 is 14.4 Å². The van der Waals surface area contributed by atoms with E-state index in [0.29, 0.717) is 12.3 Å². The number of carbonyl (C=O) groups is 1. The number of unbranched alkanes of at least 4 members (excludes halogenated alkanes) is 1. The number of rotatable bonds is 6. The van der Waals surface area contributed by atoms with Gasteiger partial charge in [-0.15, -0.1) is 0 Å². The lowest BCUT2D eigenvalue weighted by Gasteiger charge is -2.16. The molecular formula is C16H20N2O3. The topological polar surface area (TPSA) is 64.3 Å². The Labute approximate surface area is 124 Å². The predicted octanol–water partition coefficient (Wildman–Crippen LogP) is 3.15. The van der Waals surface area contributed by atoms with Crippen LogP contribution in [0.3, 0.4) is 0 Å². The van der Waals surface area contributed by atoms with Crippen LogP contribution in [0.25, 0.3) is 0 Å². The molecule has 1 atom stereocenters. The van der Waals surface area contributed by atoms with Crippen LogP contribution >= 0.6 is 0 Å². The maximum Gasteiger partial charge on any atom is 0.356 e. The molecule has 1 aromatic heterocycles. The number of benzene rings is 1. The van der Waals surface area contributed by atoms with Gasteiger partial charge in [0.2, 0.25) is 0 Å². The second-order valence-electron chi connectivity index (χ2n) is 4.95. The first-order valence-corrected chi connectivity index (χ1v) is 7.11. The lowest BCUT2D eigenvalue weighted by Crippen LogP contribution is -2.16. The highest BCUT2D eigenvalue weighted by Gasteiger charge is 2.18. The number of aromatic hydroxyl groups is 1. The molecule has 0 aliphatic carbocycles. The quantitative estimate of drug-likeness (QED) is 0.655. The third-order valence-corrected chi connectivity index (χ3v) is 3.38. The average molecular weight is 288 g/mol. The lowest BCUT2D eigenvalue weighted by atomic mass is 10.1. The summed E-state index contributed by atoms with van der Waals surface area (Å²) >= 11 is 0. The first kappa shape index (κ1) is 15.1. The molecule has 0 spiro atoms. The van der Waals surface area contributed by atoms with Crippen molar-refractivity contribution < 1.29 is 14.6 Å². The number of esters is 1. The number of imidazole rings is 1. The zero-order valence-electron chi connectivity index (χ0n) is 12.3. The molecule has 0 amide bonds. The zero-order chi connectivity index (χ0) is 15.2. The van der Waals surface area contributed by atoms with Crippen molar-refractivity contribution >= 4 is 5.97 Å². The second-order valence-corrected chi connectivity index (χ2v) is 4.95. The molecule has 0 fully saturated rings. The third-order valence-electron chi connectivity index (χ3n) is 3.38. The molecule has 112 valence electrons. The Morgan fingerprint density at radius 2 is 2.29 bits per heavy atom. The van der Waals surface area contributed by atoms with E-state index in [4.69, 9.17) is 4.74 Å². The van der Waals surface area contributed by atoms with Gasteiger partial charge in [-0.3, -0.25) is 0 Å². The number of phenols is 1. The van der Waals surface area contributed by atoms with Crippen LogP contribution in [-0.2, 0) is 4.74 Å². The van der Waals surface area contributed by atoms with E-state index >= 15 is 0 Å². The summed E-state index contributed by atoms with van der Waals surface area (Å²) < 4.78 is 6.98. The minimum atomic E-state index is -0.368. The van der Waals surface area contributed by atoms with Gasteiger partial charge in [0.05, 0.1) is 25.2 Å². The fourth-order valence-electron chi connectivity index (χ4n) is 2.10. The standard InChI is InChI=1S/C16H20N2O3/c1-3-4-8-21-16(20)15-10-17-11-18(15)12(2)13-6-5-7-14(19)9-13/h5-7,9-12,19H,3-4,8H2,1-2H3. The van der Waals surface area contributed by atoms with Gasteiger partial charge in [0.1, 0.15) is 11.4 Å². The Morgan fingerprint density at radius 3 is 3.00 bits per heavy atom. The number of ether oxygens (including phenoxy) is 1. The van der Waals surface area contributed by atoms with E-state index in [2.05, 4.69) is 4.98 Å². The predicted molar refractivity (Wildman–Crippen MR) is 79.3 cm³/mol. The minimum Gasteiger partial charge on any atom is -0.508 e. The maximum atomic E-state index is 12.1. The van der Waals surface area contributed by atoms with Gasteiger partial charge >= 0.3 is 5.97 Å². The monoisotopic (exact) mass is 288 g/mol. The Bertz CT molecular complexity index is 607. The molecule has 0 radical (unpaired) electrons. The third kappa shape index (κ3) is 3.62. The first-order chi connectivity index (χ1) is 10.1. The summed E-state index contributed by atoms with van der Waals surface area (Å²) in [5.41, 5.74) is 1.32. The van der Waals surface area contributed by atoms with Gasteiger partial charge in [-0.05, 0) is 31.0 Å². The van der Waals surface area contributed by atoms with Gasteiger partial charge in [-0.2, -0.15) is 0 Å². The van der Waals surface area contributed by atoms with Gasteiger partial charge in [0.25, 0.3) is 0 Å². The van der Waals surface area contributed by atoms with Crippen molar-refractivity contribution in [2.75, 3.05) is 6.61 Å². The number of carbonyl (C=O) groups excluding carboxylic acids is 1. The zero-order valence-corrected chi connectivity index (χ0v) is 12.3. The molecule has 21 heavy (non-hydrogen) atoms. The summed E-state index contributed by atoms with van der Waals surface area (Å²) in [5.74, 6) is -0.167. The molecule has 5 nitrogen and oxygen atoms in total. The van der Waals surface area contributed by atoms with Gasteiger partial charge in [-0.1, -0.05) is 25.5 Å². The molecule has 1 unspecified atom stereocenters. The average Bonchev–Trinajstić information content (AvgIpc) is 2.96. The van der Waals surface area contributed by atoms with Crippen molar-refractivity contribution in [2.45, 2.75) is 32.7 Å². The molecule has 2 rings (SSSR count). The first-order valence-electron chi connectivity index (χ1n) is 7.11. The van der Waals surface area contributed by atoms with E-state index in [-0.39, 0.29) is 17.8 Å². The molecule has 5 heteroatoms. The fraction of sp³-hybridized carbons (Fsp3) is 0.375. The molecule has 1 N–H and O–H groups in total. The van der Waals surface area contributed by atoms with E-state index in [9.17, 15) is 9.90 Å². The Hall–Kier alpha value is -2.30. The summed E-state index contributed by atoms with van der Waals surface area (Å²) in [6.07, 6.45) is 4.94. The molecule has 2 aromatic rings. The highest BCUT2D eigenvalue weighted by Crippen LogP contribution is 2.23. The van der Waals surface area contributed by atoms with Crippen molar-refractivity contribution in [3.63, 3.8) is 0 Å². The lowest BCUT2D eigenvalue weighted by molar-refractivity contribution is 0.0486. The second kappa shape index (κ2) is 6.92. The number of hydrogen-bond donors (Lipinski definition) is 1.